The van der Waals surface area contributed by atoms with Crippen LogP contribution < -0.4 is 10.1 Å². The maximum Gasteiger partial charge on any atom is 0.322 e. The first-order valence-corrected chi connectivity index (χ1v) is 8.59. The highest BCUT2D eigenvalue weighted by atomic mass is 35.5. The molecule has 1 aromatic rings. The Morgan fingerprint density at radius 3 is 2.83 bits per heavy atom. The molecule has 0 saturated carbocycles. The molecule has 7 heteroatoms. The number of methoxy groups -OCH3 is 2. The summed E-state index contributed by atoms with van der Waals surface area (Å²) < 4.78 is 10.4. The molecule has 1 saturated heterocycles. The van der Waals surface area contributed by atoms with Gasteiger partial charge in [0, 0.05) is 39.3 Å². The van der Waals surface area contributed by atoms with Crippen molar-refractivity contribution in [3.8, 4) is 5.75 Å². The molecule has 0 aliphatic carbocycles. The van der Waals surface area contributed by atoms with Crippen LogP contribution in [0.25, 0.3) is 0 Å². The molecule has 0 radical (unpaired) electrons. The number of urea groups is 1. The summed E-state index contributed by atoms with van der Waals surface area (Å²) in [6.45, 7) is 5.96. The number of nitrogens with one attached hydrogen (secondary N) is 1. The van der Waals surface area contributed by atoms with Gasteiger partial charge in [-0.3, -0.25) is 4.90 Å². The molecule has 134 valence electrons. The molecule has 24 heavy (non-hydrogen) atoms. The Bertz CT molecular complexity index is 556. The Labute approximate surface area is 148 Å². The number of carbonyl (C=O) groups excluding carboxylic acids is 1. The molecule has 1 fully saturated rings. The quantitative estimate of drug-likeness (QED) is 0.852. The van der Waals surface area contributed by atoms with E-state index in [4.69, 9.17) is 21.1 Å². The molecule has 1 N–H and O–H groups in total. The Kier molecular flexibility index (Phi) is 7.15. The Hall–Kier alpha value is -1.50. The first kappa shape index (κ1) is 18.8. The van der Waals surface area contributed by atoms with Gasteiger partial charge in [0.15, 0.2) is 0 Å². The van der Waals surface area contributed by atoms with Gasteiger partial charge in [0.2, 0.25) is 0 Å². The third-order valence-electron chi connectivity index (χ3n) is 4.37. The van der Waals surface area contributed by atoms with E-state index in [1.165, 1.54) is 0 Å². The topological polar surface area (TPSA) is 54.0 Å². The minimum atomic E-state index is -0.147. The molecule has 1 heterocycles. The average molecular weight is 356 g/mol. The van der Waals surface area contributed by atoms with Gasteiger partial charge in [-0.1, -0.05) is 24.6 Å². The van der Waals surface area contributed by atoms with E-state index < -0.39 is 0 Å². The smallest absolute Gasteiger partial charge is 0.322 e. The van der Waals surface area contributed by atoms with E-state index in [0.717, 1.165) is 19.5 Å². The zero-order valence-electron chi connectivity index (χ0n) is 14.5. The second-order valence-corrected chi connectivity index (χ2v) is 6.19. The van der Waals surface area contributed by atoms with Crippen molar-refractivity contribution < 1.29 is 14.3 Å². The lowest BCUT2D eigenvalue weighted by atomic mass is 10.1. The van der Waals surface area contributed by atoms with Crippen LogP contribution in [0.5, 0.6) is 5.75 Å². The van der Waals surface area contributed by atoms with Crippen LogP contribution >= 0.6 is 11.6 Å². The highest BCUT2D eigenvalue weighted by Gasteiger charge is 2.28. The van der Waals surface area contributed by atoms with Crippen molar-refractivity contribution in [2.45, 2.75) is 19.4 Å². The number of benzene rings is 1. The van der Waals surface area contributed by atoms with Gasteiger partial charge < -0.3 is 19.7 Å². The van der Waals surface area contributed by atoms with Crippen molar-refractivity contribution in [1.29, 1.82) is 0 Å². The van der Waals surface area contributed by atoms with Crippen LogP contribution in [0.1, 0.15) is 13.3 Å². The zero-order valence-corrected chi connectivity index (χ0v) is 15.3. The minimum absolute atomic E-state index is 0.147. The second-order valence-electron chi connectivity index (χ2n) is 5.78. The van der Waals surface area contributed by atoms with Gasteiger partial charge in [-0.25, -0.2) is 4.79 Å². The summed E-state index contributed by atoms with van der Waals surface area (Å²) >= 11 is 6.19. The Morgan fingerprint density at radius 1 is 1.38 bits per heavy atom. The molecule has 1 atom stereocenters. The number of hydrogen-bond donors (Lipinski definition) is 1. The standard InChI is InChI=1S/C17H26ClN3O3/c1-4-13-12-21(9-8-20(13)10-11-23-2)17(22)19-16-14(18)6-5-7-15(16)24-3/h5-7,13H,4,8-12H2,1-3H3,(H,19,22). The molecular formula is C17H26ClN3O3. The first-order valence-electron chi connectivity index (χ1n) is 8.22. The van der Waals surface area contributed by atoms with Crippen LogP contribution in [0.15, 0.2) is 18.2 Å². The third kappa shape index (κ3) is 4.53. The summed E-state index contributed by atoms with van der Waals surface area (Å²) in [5, 5.41) is 3.36. The fourth-order valence-electron chi connectivity index (χ4n) is 2.95. The minimum Gasteiger partial charge on any atom is -0.495 e. The normalized spacial score (nSPS) is 18.5. The van der Waals surface area contributed by atoms with Crippen LogP contribution in [0.3, 0.4) is 0 Å². The largest absolute Gasteiger partial charge is 0.495 e. The fraction of sp³-hybridized carbons (Fsp3) is 0.588. The van der Waals surface area contributed by atoms with Crippen LogP contribution in [0.2, 0.25) is 5.02 Å². The van der Waals surface area contributed by atoms with Gasteiger partial charge in [-0.2, -0.15) is 0 Å². The van der Waals surface area contributed by atoms with E-state index in [2.05, 4.69) is 17.1 Å². The third-order valence-corrected chi connectivity index (χ3v) is 4.69. The highest BCUT2D eigenvalue weighted by Crippen LogP contribution is 2.32. The highest BCUT2D eigenvalue weighted by molar-refractivity contribution is 6.34. The van der Waals surface area contributed by atoms with Crippen molar-refractivity contribution in [1.82, 2.24) is 9.80 Å². The molecule has 0 bridgehead atoms. The average Bonchev–Trinajstić information content (AvgIpc) is 2.61. The number of nitrogens with zero attached hydrogens (tertiary/aromatic N) is 2. The molecule has 1 aromatic carbocycles. The lowest BCUT2D eigenvalue weighted by Crippen LogP contribution is -2.56. The van der Waals surface area contributed by atoms with E-state index in [9.17, 15) is 4.79 Å². The number of piperazine rings is 1. The van der Waals surface area contributed by atoms with Gasteiger partial charge in [-0.05, 0) is 18.6 Å². The molecular weight excluding hydrogens is 330 g/mol. The lowest BCUT2D eigenvalue weighted by Gasteiger charge is -2.41. The van der Waals surface area contributed by atoms with Crippen LogP contribution in [0, 0.1) is 0 Å². The number of rotatable bonds is 6. The summed E-state index contributed by atoms with van der Waals surface area (Å²) in [4.78, 5) is 16.8. The molecule has 1 aliphatic heterocycles. The predicted octanol–water partition coefficient (Wildman–Crippen LogP) is 2.92. The van der Waals surface area contributed by atoms with Gasteiger partial charge in [0.1, 0.15) is 11.4 Å². The van der Waals surface area contributed by atoms with E-state index in [1.807, 2.05) is 4.90 Å². The molecule has 1 unspecified atom stereocenters. The predicted molar refractivity (Wildman–Crippen MR) is 96.1 cm³/mol. The van der Waals surface area contributed by atoms with Gasteiger partial charge in [0.05, 0.1) is 18.7 Å². The van der Waals surface area contributed by atoms with Crippen molar-refractivity contribution >= 4 is 23.3 Å². The molecule has 2 amide bonds. The van der Waals surface area contributed by atoms with Crippen molar-refractivity contribution in [3.05, 3.63) is 23.2 Å². The van der Waals surface area contributed by atoms with Crippen LogP contribution in [-0.2, 0) is 4.74 Å². The SMILES string of the molecule is CCC1CN(C(=O)Nc2c(Cl)cccc2OC)CCN1CCOC. The molecule has 6 nitrogen and oxygen atoms in total. The monoisotopic (exact) mass is 355 g/mol. The van der Waals surface area contributed by atoms with E-state index in [0.29, 0.717) is 42.2 Å². The first-order chi connectivity index (χ1) is 11.6. The van der Waals surface area contributed by atoms with E-state index in [1.54, 1.807) is 32.4 Å². The second kappa shape index (κ2) is 9.11. The number of halogens is 1. The maximum atomic E-state index is 12.6. The number of anilines is 1. The maximum absolute atomic E-state index is 12.6. The van der Waals surface area contributed by atoms with E-state index >= 15 is 0 Å². The molecule has 2 rings (SSSR count). The molecule has 0 spiro atoms. The van der Waals surface area contributed by atoms with Crippen molar-refractivity contribution in [3.63, 3.8) is 0 Å². The number of para-hydroxylation sites is 1. The number of ether oxygens (including phenoxy) is 2. The van der Waals surface area contributed by atoms with Crippen LogP contribution in [-0.4, -0.2) is 68.9 Å². The molecule has 0 aromatic heterocycles. The lowest BCUT2D eigenvalue weighted by molar-refractivity contribution is 0.0652. The zero-order chi connectivity index (χ0) is 17.5. The van der Waals surface area contributed by atoms with Crippen molar-refractivity contribution in [2.75, 3.05) is 52.3 Å². The summed E-state index contributed by atoms with van der Waals surface area (Å²) in [7, 11) is 3.27. The van der Waals surface area contributed by atoms with Gasteiger partial charge >= 0.3 is 6.03 Å². The van der Waals surface area contributed by atoms with Crippen LogP contribution in [0.4, 0.5) is 10.5 Å². The summed E-state index contributed by atoms with van der Waals surface area (Å²) in [6, 6.07) is 5.49. The number of amides is 2. The Balaban J connectivity index is 2.01. The number of carbonyl (C=O) groups is 1. The van der Waals surface area contributed by atoms with Gasteiger partial charge in [-0.15, -0.1) is 0 Å². The fourth-order valence-corrected chi connectivity index (χ4v) is 3.16. The number of hydrogen-bond acceptors (Lipinski definition) is 4. The summed E-state index contributed by atoms with van der Waals surface area (Å²) in [6.07, 6.45) is 0.989. The Morgan fingerprint density at radius 2 is 2.17 bits per heavy atom. The van der Waals surface area contributed by atoms with Gasteiger partial charge in [0.25, 0.3) is 0 Å². The summed E-state index contributed by atoms with van der Waals surface area (Å²) in [5.41, 5.74) is 0.515. The van der Waals surface area contributed by atoms with E-state index in [-0.39, 0.29) is 6.03 Å². The molecule has 1 aliphatic rings. The summed E-state index contributed by atoms with van der Waals surface area (Å²) in [5.74, 6) is 0.557. The van der Waals surface area contributed by atoms with Crippen molar-refractivity contribution in [2.24, 2.45) is 0 Å².